The second kappa shape index (κ2) is 5.49. The van der Waals surface area contributed by atoms with Gasteiger partial charge in [0.2, 0.25) is 5.91 Å². The molecule has 1 aromatic carbocycles. The zero-order valence-electron chi connectivity index (χ0n) is 10.6. The lowest BCUT2D eigenvalue weighted by atomic mass is 10.1. The van der Waals surface area contributed by atoms with Crippen LogP contribution in [0.2, 0.25) is 0 Å². The van der Waals surface area contributed by atoms with Gasteiger partial charge in [-0.2, -0.15) is 0 Å². The highest BCUT2D eigenvalue weighted by molar-refractivity contribution is 5.78. The highest BCUT2D eigenvalue weighted by Crippen LogP contribution is 2.11. The number of nitrogens with zero attached hydrogens (tertiary/aromatic N) is 2. The summed E-state index contributed by atoms with van der Waals surface area (Å²) in [6, 6.07) is 9.95. The lowest BCUT2D eigenvalue weighted by molar-refractivity contribution is -0.121. The van der Waals surface area contributed by atoms with Crippen LogP contribution in [0.25, 0.3) is 0 Å². The summed E-state index contributed by atoms with van der Waals surface area (Å²) in [6.07, 6.45) is 3.77. The maximum atomic E-state index is 11.9. The van der Waals surface area contributed by atoms with Crippen LogP contribution in [0.3, 0.4) is 0 Å². The molecule has 94 valence electrons. The first-order valence-electron chi connectivity index (χ1n) is 5.96. The molecular weight excluding hydrogens is 226 g/mol. The van der Waals surface area contributed by atoms with Crippen LogP contribution in [0.1, 0.15) is 24.2 Å². The van der Waals surface area contributed by atoms with Crippen LogP contribution in [0.5, 0.6) is 0 Å². The molecule has 0 unspecified atom stereocenters. The van der Waals surface area contributed by atoms with Crippen LogP contribution in [-0.4, -0.2) is 15.5 Å². The van der Waals surface area contributed by atoms with Crippen molar-refractivity contribution in [2.45, 2.75) is 19.4 Å². The van der Waals surface area contributed by atoms with Crippen LogP contribution >= 0.6 is 0 Å². The normalized spacial score (nSPS) is 12.1. The Morgan fingerprint density at radius 1 is 1.39 bits per heavy atom. The first-order valence-corrected chi connectivity index (χ1v) is 5.96. The zero-order valence-corrected chi connectivity index (χ0v) is 10.6. The number of hydrogen-bond donors (Lipinski definition) is 1. The Kier molecular flexibility index (Phi) is 3.77. The maximum absolute atomic E-state index is 11.9. The van der Waals surface area contributed by atoms with Crippen molar-refractivity contribution in [1.29, 1.82) is 0 Å². The van der Waals surface area contributed by atoms with Gasteiger partial charge in [0.1, 0.15) is 0 Å². The minimum Gasteiger partial charge on any atom is -0.349 e. The van der Waals surface area contributed by atoms with Gasteiger partial charge in [0.05, 0.1) is 18.8 Å². The number of imidazole rings is 1. The second-order valence-electron chi connectivity index (χ2n) is 4.37. The van der Waals surface area contributed by atoms with Crippen molar-refractivity contribution in [3.8, 4) is 0 Å². The van der Waals surface area contributed by atoms with Gasteiger partial charge >= 0.3 is 0 Å². The first kappa shape index (κ1) is 12.4. The summed E-state index contributed by atoms with van der Waals surface area (Å²) in [5, 5.41) is 2.98. The average Bonchev–Trinajstić information content (AvgIpc) is 2.76. The zero-order chi connectivity index (χ0) is 13.0. The number of rotatable bonds is 4. The highest BCUT2D eigenvalue weighted by atomic mass is 16.1. The molecule has 0 radical (unpaired) electrons. The summed E-state index contributed by atoms with van der Waals surface area (Å²) in [5.41, 5.74) is 2.02. The standard InChI is InChI=1S/C14H17N3O/c1-11(12-6-4-3-5-7-12)16-14(18)8-13-9-15-10-17(13)2/h3-7,9-11H,8H2,1-2H3,(H,16,18)/t11-/m1/s1. The molecule has 1 heterocycles. The summed E-state index contributed by atoms with van der Waals surface area (Å²) in [5.74, 6) is 0.00922. The minimum absolute atomic E-state index is 0.00922. The molecular formula is C14H17N3O. The topological polar surface area (TPSA) is 46.9 Å². The number of benzene rings is 1. The molecule has 0 saturated carbocycles. The smallest absolute Gasteiger partial charge is 0.226 e. The van der Waals surface area contributed by atoms with Crippen molar-refractivity contribution in [3.05, 3.63) is 54.1 Å². The quantitative estimate of drug-likeness (QED) is 0.890. The van der Waals surface area contributed by atoms with E-state index in [2.05, 4.69) is 10.3 Å². The number of hydrogen-bond acceptors (Lipinski definition) is 2. The van der Waals surface area contributed by atoms with E-state index in [4.69, 9.17) is 0 Å². The molecule has 0 aliphatic heterocycles. The molecule has 0 aliphatic rings. The largest absolute Gasteiger partial charge is 0.349 e. The van der Waals surface area contributed by atoms with Gasteiger partial charge in [-0.05, 0) is 12.5 Å². The van der Waals surface area contributed by atoms with Crippen molar-refractivity contribution in [2.75, 3.05) is 0 Å². The average molecular weight is 243 g/mol. The monoisotopic (exact) mass is 243 g/mol. The third-order valence-corrected chi connectivity index (χ3v) is 2.94. The van der Waals surface area contributed by atoms with Gasteiger partial charge in [-0.1, -0.05) is 30.3 Å². The number of carbonyl (C=O) groups is 1. The molecule has 4 nitrogen and oxygen atoms in total. The van der Waals surface area contributed by atoms with Crippen LogP contribution in [0.4, 0.5) is 0 Å². The minimum atomic E-state index is 0.00922. The Labute approximate surface area is 107 Å². The van der Waals surface area contributed by atoms with Crippen molar-refractivity contribution in [1.82, 2.24) is 14.9 Å². The van der Waals surface area contributed by atoms with E-state index in [1.54, 1.807) is 12.5 Å². The molecule has 1 atom stereocenters. The summed E-state index contributed by atoms with van der Waals surface area (Å²) >= 11 is 0. The van der Waals surface area contributed by atoms with E-state index in [0.717, 1.165) is 11.3 Å². The fourth-order valence-electron chi connectivity index (χ4n) is 1.84. The van der Waals surface area contributed by atoms with Gasteiger partial charge < -0.3 is 9.88 Å². The second-order valence-corrected chi connectivity index (χ2v) is 4.37. The molecule has 0 saturated heterocycles. The van der Waals surface area contributed by atoms with Gasteiger partial charge in [0.15, 0.2) is 0 Å². The van der Waals surface area contributed by atoms with E-state index in [-0.39, 0.29) is 11.9 Å². The van der Waals surface area contributed by atoms with E-state index in [1.807, 2.05) is 48.9 Å². The number of carbonyl (C=O) groups excluding carboxylic acids is 1. The van der Waals surface area contributed by atoms with Gasteiger partial charge in [0, 0.05) is 18.9 Å². The number of nitrogens with one attached hydrogen (secondary N) is 1. The molecule has 1 amide bonds. The maximum Gasteiger partial charge on any atom is 0.226 e. The van der Waals surface area contributed by atoms with Crippen molar-refractivity contribution >= 4 is 5.91 Å². The fraction of sp³-hybridized carbons (Fsp3) is 0.286. The Morgan fingerprint density at radius 2 is 2.11 bits per heavy atom. The van der Waals surface area contributed by atoms with Crippen LogP contribution in [0, 0.1) is 0 Å². The molecule has 4 heteroatoms. The predicted molar refractivity (Wildman–Crippen MR) is 69.9 cm³/mol. The summed E-state index contributed by atoms with van der Waals surface area (Å²) in [6.45, 7) is 1.98. The fourth-order valence-corrected chi connectivity index (χ4v) is 1.84. The molecule has 18 heavy (non-hydrogen) atoms. The number of amides is 1. The van der Waals surface area contributed by atoms with Gasteiger partial charge in [-0.15, -0.1) is 0 Å². The lowest BCUT2D eigenvalue weighted by Crippen LogP contribution is -2.28. The molecule has 2 aromatic rings. The third-order valence-electron chi connectivity index (χ3n) is 2.94. The Balaban J connectivity index is 1.94. The Hall–Kier alpha value is -2.10. The van der Waals surface area contributed by atoms with Crippen molar-refractivity contribution in [2.24, 2.45) is 7.05 Å². The van der Waals surface area contributed by atoms with E-state index < -0.39 is 0 Å². The summed E-state index contributed by atoms with van der Waals surface area (Å²) < 4.78 is 1.85. The summed E-state index contributed by atoms with van der Waals surface area (Å²) in [4.78, 5) is 15.9. The number of aryl methyl sites for hydroxylation is 1. The Bertz CT molecular complexity index is 519. The first-order chi connectivity index (χ1) is 8.66. The molecule has 1 N–H and O–H groups in total. The van der Waals surface area contributed by atoms with Gasteiger partial charge in [-0.3, -0.25) is 4.79 Å². The molecule has 0 bridgehead atoms. The SMILES string of the molecule is C[C@@H](NC(=O)Cc1cncn1C)c1ccccc1. The van der Waals surface area contributed by atoms with E-state index in [0.29, 0.717) is 6.42 Å². The van der Waals surface area contributed by atoms with E-state index >= 15 is 0 Å². The third kappa shape index (κ3) is 2.97. The summed E-state index contributed by atoms with van der Waals surface area (Å²) in [7, 11) is 1.89. The molecule has 0 spiro atoms. The lowest BCUT2D eigenvalue weighted by Gasteiger charge is -2.14. The van der Waals surface area contributed by atoms with Crippen molar-refractivity contribution in [3.63, 3.8) is 0 Å². The molecule has 0 aliphatic carbocycles. The van der Waals surface area contributed by atoms with E-state index in [1.165, 1.54) is 0 Å². The Morgan fingerprint density at radius 3 is 2.72 bits per heavy atom. The van der Waals surface area contributed by atoms with Gasteiger partial charge in [-0.25, -0.2) is 4.98 Å². The van der Waals surface area contributed by atoms with Gasteiger partial charge in [0.25, 0.3) is 0 Å². The number of aromatic nitrogens is 2. The van der Waals surface area contributed by atoms with Crippen molar-refractivity contribution < 1.29 is 4.79 Å². The molecule has 0 fully saturated rings. The van der Waals surface area contributed by atoms with Crippen LogP contribution in [-0.2, 0) is 18.3 Å². The molecule has 2 rings (SSSR count). The highest BCUT2D eigenvalue weighted by Gasteiger charge is 2.11. The van der Waals surface area contributed by atoms with E-state index in [9.17, 15) is 4.79 Å². The molecule has 1 aromatic heterocycles. The van der Waals surface area contributed by atoms with Crippen LogP contribution < -0.4 is 5.32 Å². The predicted octanol–water partition coefficient (Wildman–Crippen LogP) is 1.84. The van der Waals surface area contributed by atoms with Crippen LogP contribution in [0.15, 0.2) is 42.9 Å².